The lowest BCUT2D eigenvalue weighted by Crippen LogP contribution is -2.25. The summed E-state index contributed by atoms with van der Waals surface area (Å²) >= 11 is 0. The molecule has 1 N–H and O–H groups in total. The number of carbonyl (C=O) groups excluding carboxylic acids is 1. The monoisotopic (exact) mass is 481 g/mol. The number of rotatable bonds is 9. The Morgan fingerprint density at radius 3 is 2.24 bits per heavy atom. The summed E-state index contributed by atoms with van der Waals surface area (Å²) in [6.07, 6.45) is 0. The maximum absolute atomic E-state index is 12.9. The van der Waals surface area contributed by atoms with Crippen molar-refractivity contribution in [2.24, 2.45) is 0 Å². The summed E-state index contributed by atoms with van der Waals surface area (Å²) in [6.45, 7) is 1.17. The van der Waals surface area contributed by atoms with Crippen molar-refractivity contribution in [3.63, 3.8) is 0 Å². The van der Waals surface area contributed by atoms with E-state index in [0.717, 1.165) is 27.5 Å². The number of carbonyl (C=O) groups is 1. The smallest absolute Gasteiger partial charge is 0.251 e. The molecular weight excluding hydrogens is 450 g/mol. The van der Waals surface area contributed by atoms with Crippen molar-refractivity contribution in [3.05, 3.63) is 83.4 Å². The number of nitrogens with zero attached hydrogens (tertiary/aromatic N) is 2. The van der Waals surface area contributed by atoms with Gasteiger partial charge in [-0.15, -0.1) is 0 Å². The van der Waals surface area contributed by atoms with Gasteiger partial charge in [-0.3, -0.25) is 4.79 Å². The molecule has 7 nitrogen and oxygen atoms in total. The molecule has 34 heavy (non-hydrogen) atoms. The third kappa shape index (κ3) is 5.83. The van der Waals surface area contributed by atoms with Crippen LogP contribution in [0.5, 0.6) is 5.75 Å². The summed E-state index contributed by atoms with van der Waals surface area (Å²) in [5.74, 6) is -0.178. The van der Waals surface area contributed by atoms with Crippen molar-refractivity contribution in [2.45, 2.75) is 18.0 Å². The van der Waals surface area contributed by atoms with Crippen LogP contribution in [-0.2, 0) is 23.1 Å². The van der Waals surface area contributed by atoms with Crippen molar-refractivity contribution >= 4 is 15.9 Å². The summed E-state index contributed by atoms with van der Waals surface area (Å²) in [5.41, 5.74) is 4.53. The third-order valence-corrected chi connectivity index (χ3v) is 7.24. The fourth-order valence-corrected chi connectivity index (χ4v) is 4.68. The van der Waals surface area contributed by atoms with Gasteiger partial charge in [0.25, 0.3) is 5.91 Å². The number of hydrogen-bond donors (Lipinski definition) is 1. The van der Waals surface area contributed by atoms with Crippen LogP contribution in [0.15, 0.2) is 71.6 Å². The van der Waals surface area contributed by atoms with Gasteiger partial charge in [0.2, 0.25) is 10.0 Å². The highest BCUT2D eigenvalue weighted by atomic mass is 32.2. The highest BCUT2D eigenvalue weighted by Crippen LogP contribution is 2.27. The van der Waals surface area contributed by atoms with Crippen LogP contribution in [0.25, 0.3) is 11.1 Å². The molecule has 0 aromatic heterocycles. The second kappa shape index (κ2) is 10.8. The van der Waals surface area contributed by atoms with Gasteiger partial charge < -0.3 is 15.0 Å². The van der Waals surface area contributed by atoms with Crippen LogP contribution in [-0.4, -0.2) is 58.8 Å². The molecule has 0 fully saturated rings. The van der Waals surface area contributed by atoms with Gasteiger partial charge in [0.1, 0.15) is 10.6 Å². The number of ether oxygens (including phenoxy) is 1. The minimum atomic E-state index is -3.77. The van der Waals surface area contributed by atoms with E-state index in [1.807, 2.05) is 38.4 Å². The number of hydrogen-bond acceptors (Lipinski definition) is 5. The molecule has 0 aliphatic rings. The van der Waals surface area contributed by atoms with Gasteiger partial charge >= 0.3 is 0 Å². The fraction of sp³-hybridized carbons (Fsp3) is 0.269. The predicted octanol–water partition coefficient (Wildman–Crippen LogP) is 3.60. The molecule has 0 atom stereocenters. The average molecular weight is 482 g/mol. The molecule has 0 radical (unpaired) electrons. The lowest BCUT2D eigenvalue weighted by Gasteiger charge is -2.16. The SMILES string of the molecule is COc1ccc(C(=O)NCc2ccccc2-c2ccc(CN(C)C)cc2)cc1S(=O)(=O)N(C)C. The molecule has 3 rings (SSSR count). The Labute approximate surface area is 202 Å². The second-order valence-electron chi connectivity index (χ2n) is 8.43. The van der Waals surface area contributed by atoms with Crippen LogP contribution in [0.2, 0.25) is 0 Å². The Kier molecular flexibility index (Phi) is 8.09. The zero-order valence-corrected chi connectivity index (χ0v) is 21.0. The molecule has 0 bridgehead atoms. The van der Waals surface area contributed by atoms with E-state index in [1.165, 1.54) is 38.9 Å². The Hall–Kier alpha value is -3.20. The lowest BCUT2D eigenvalue weighted by atomic mass is 9.98. The number of amides is 1. The van der Waals surface area contributed by atoms with Crippen LogP contribution in [0, 0.1) is 0 Å². The summed E-state index contributed by atoms with van der Waals surface area (Å²) in [7, 11) is 4.57. The molecule has 0 saturated heterocycles. The van der Waals surface area contributed by atoms with Crippen LogP contribution < -0.4 is 10.1 Å². The first-order valence-electron chi connectivity index (χ1n) is 10.8. The Bertz CT molecular complexity index is 1250. The van der Waals surface area contributed by atoms with Gasteiger partial charge in [-0.1, -0.05) is 48.5 Å². The second-order valence-corrected chi connectivity index (χ2v) is 10.5. The first-order valence-corrected chi connectivity index (χ1v) is 12.3. The van der Waals surface area contributed by atoms with Crippen molar-refractivity contribution in [1.82, 2.24) is 14.5 Å². The molecule has 0 aliphatic heterocycles. The number of benzene rings is 3. The zero-order valence-electron chi connectivity index (χ0n) is 20.2. The van der Waals surface area contributed by atoms with E-state index >= 15 is 0 Å². The van der Waals surface area contributed by atoms with Crippen molar-refractivity contribution < 1.29 is 17.9 Å². The molecule has 0 saturated carbocycles. The largest absolute Gasteiger partial charge is 0.495 e. The third-order valence-electron chi connectivity index (χ3n) is 5.40. The predicted molar refractivity (Wildman–Crippen MR) is 134 cm³/mol. The van der Waals surface area contributed by atoms with E-state index in [9.17, 15) is 13.2 Å². The van der Waals surface area contributed by atoms with Crippen LogP contribution in [0.4, 0.5) is 0 Å². The van der Waals surface area contributed by atoms with E-state index in [4.69, 9.17) is 4.74 Å². The van der Waals surface area contributed by atoms with E-state index in [0.29, 0.717) is 6.54 Å². The molecule has 0 aliphatic carbocycles. The molecule has 3 aromatic carbocycles. The number of methoxy groups -OCH3 is 1. The maximum atomic E-state index is 12.9. The van der Waals surface area contributed by atoms with Crippen LogP contribution >= 0.6 is 0 Å². The highest BCUT2D eigenvalue weighted by molar-refractivity contribution is 7.89. The first-order chi connectivity index (χ1) is 16.1. The van der Waals surface area contributed by atoms with Gasteiger partial charge in [0, 0.05) is 32.7 Å². The summed E-state index contributed by atoms with van der Waals surface area (Å²) < 4.78 is 31.6. The Morgan fingerprint density at radius 2 is 1.62 bits per heavy atom. The van der Waals surface area contributed by atoms with E-state index < -0.39 is 10.0 Å². The van der Waals surface area contributed by atoms with Crippen LogP contribution in [0.1, 0.15) is 21.5 Å². The molecule has 0 spiro atoms. The van der Waals surface area contributed by atoms with Gasteiger partial charge in [-0.05, 0) is 54.5 Å². The van der Waals surface area contributed by atoms with Crippen molar-refractivity contribution in [3.8, 4) is 16.9 Å². The quantitative estimate of drug-likeness (QED) is 0.505. The van der Waals surface area contributed by atoms with Gasteiger partial charge in [0.05, 0.1) is 7.11 Å². The molecule has 3 aromatic rings. The number of sulfonamides is 1. The van der Waals surface area contributed by atoms with E-state index in [-0.39, 0.29) is 22.1 Å². The Balaban J connectivity index is 1.81. The van der Waals surface area contributed by atoms with Crippen molar-refractivity contribution in [1.29, 1.82) is 0 Å². The first kappa shape index (κ1) is 25.4. The van der Waals surface area contributed by atoms with Crippen molar-refractivity contribution in [2.75, 3.05) is 35.3 Å². The molecule has 8 heteroatoms. The molecule has 180 valence electrons. The van der Waals surface area contributed by atoms with Crippen LogP contribution in [0.3, 0.4) is 0 Å². The van der Waals surface area contributed by atoms with E-state index in [1.54, 1.807) is 6.07 Å². The normalized spacial score (nSPS) is 11.6. The molecule has 0 heterocycles. The fourth-order valence-electron chi connectivity index (χ4n) is 3.60. The average Bonchev–Trinajstić information content (AvgIpc) is 2.82. The minimum absolute atomic E-state index is 0.0501. The van der Waals surface area contributed by atoms with Gasteiger partial charge in [0.15, 0.2) is 0 Å². The summed E-state index contributed by atoms with van der Waals surface area (Å²) in [5, 5.41) is 2.91. The van der Waals surface area contributed by atoms with E-state index in [2.05, 4.69) is 34.5 Å². The van der Waals surface area contributed by atoms with Gasteiger partial charge in [-0.2, -0.15) is 0 Å². The topological polar surface area (TPSA) is 79.0 Å². The minimum Gasteiger partial charge on any atom is -0.495 e. The zero-order chi connectivity index (χ0) is 24.9. The Morgan fingerprint density at radius 1 is 0.941 bits per heavy atom. The molecule has 1 amide bonds. The summed E-state index contributed by atoms with van der Waals surface area (Å²) in [6, 6.07) is 20.7. The highest BCUT2D eigenvalue weighted by Gasteiger charge is 2.24. The lowest BCUT2D eigenvalue weighted by molar-refractivity contribution is 0.0950. The van der Waals surface area contributed by atoms with Gasteiger partial charge in [-0.25, -0.2) is 12.7 Å². The molecule has 0 unspecified atom stereocenters. The molecular formula is C26H31N3O4S. The standard InChI is InChI=1S/C26H31N3O4S/c1-28(2)18-19-10-12-20(13-11-19)23-9-7-6-8-22(23)17-27-26(30)21-14-15-24(33-5)25(16-21)34(31,32)29(3)4/h6-16H,17-18H2,1-5H3,(H,27,30). The maximum Gasteiger partial charge on any atom is 0.251 e. The summed E-state index contributed by atoms with van der Waals surface area (Å²) in [4.78, 5) is 15.0. The number of nitrogens with one attached hydrogen (secondary N) is 1.